The zero-order valence-corrected chi connectivity index (χ0v) is 14.2. The molecular formula is C10H11BrF8O4S. The quantitative estimate of drug-likeness (QED) is 0.332. The Morgan fingerprint density at radius 1 is 0.958 bits per heavy atom. The fourth-order valence-electron chi connectivity index (χ4n) is 1.41. The molecule has 0 aliphatic carbocycles. The van der Waals surface area contributed by atoms with Crippen molar-refractivity contribution < 1.29 is 53.1 Å². The number of hydrogen-bond acceptors (Lipinski definition) is 4. The maximum absolute atomic E-state index is 12.9. The summed E-state index contributed by atoms with van der Waals surface area (Å²) in [6, 6.07) is 0. The van der Waals surface area contributed by atoms with Gasteiger partial charge in [0.1, 0.15) is 0 Å². The second kappa shape index (κ2) is 7.30. The number of hydrogen-bond donors (Lipinski definition) is 0. The largest absolute Gasteiger partial charge is 0.467 e. The molecule has 4 nitrogen and oxygen atoms in total. The summed E-state index contributed by atoms with van der Waals surface area (Å²) in [6.07, 6.45) is -16.7. The fraction of sp³-hybridized carbons (Fsp3) is 0.900. The average molecular weight is 459 g/mol. The van der Waals surface area contributed by atoms with E-state index in [4.69, 9.17) is 0 Å². The van der Waals surface area contributed by atoms with Crippen molar-refractivity contribution in [2.75, 3.05) is 12.9 Å². The molecule has 1 unspecified atom stereocenters. The highest BCUT2D eigenvalue weighted by molar-refractivity contribution is 9.12. The second-order valence-electron chi connectivity index (χ2n) is 4.61. The van der Waals surface area contributed by atoms with Crippen LogP contribution in [0.4, 0.5) is 35.1 Å². The lowest BCUT2D eigenvalue weighted by atomic mass is 10.1. The molecule has 0 N–H and O–H groups in total. The van der Waals surface area contributed by atoms with E-state index in [9.17, 15) is 48.3 Å². The van der Waals surface area contributed by atoms with Crippen molar-refractivity contribution in [3.63, 3.8) is 0 Å². The van der Waals surface area contributed by atoms with E-state index in [2.05, 4.69) is 20.7 Å². The highest BCUT2D eigenvalue weighted by atomic mass is 79.9. The van der Waals surface area contributed by atoms with Gasteiger partial charge in [-0.05, 0) is 6.42 Å². The summed E-state index contributed by atoms with van der Waals surface area (Å²) < 4.78 is 123. The summed E-state index contributed by atoms with van der Waals surface area (Å²) in [4.78, 5) is 11.5. The Bertz CT molecular complexity index is 556. The van der Waals surface area contributed by atoms with Crippen molar-refractivity contribution in [3.05, 3.63) is 0 Å². The molecule has 24 heavy (non-hydrogen) atoms. The third kappa shape index (κ3) is 5.70. The lowest BCUT2D eigenvalue weighted by Gasteiger charge is -2.27. The predicted molar refractivity (Wildman–Crippen MR) is 68.4 cm³/mol. The van der Waals surface area contributed by atoms with Crippen molar-refractivity contribution in [1.29, 1.82) is 0 Å². The zero-order valence-electron chi connectivity index (χ0n) is 11.8. The highest BCUT2D eigenvalue weighted by Crippen LogP contribution is 2.43. The first-order chi connectivity index (χ1) is 10.4. The molecule has 0 aromatic rings. The van der Waals surface area contributed by atoms with Crippen molar-refractivity contribution >= 4 is 31.7 Å². The van der Waals surface area contributed by atoms with Crippen LogP contribution in [0.2, 0.25) is 0 Å². The van der Waals surface area contributed by atoms with Crippen LogP contribution in [-0.4, -0.2) is 49.2 Å². The molecule has 0 heterocycles. The molecule has 0 aliphatic heterocycles. The molecule has 0 aromatic heterocycles. The number of esters is 1. The molecule has 0 spiro atoms. The summed E-state index contributed by atoms with van der Waals surface area (Å²) in [5, 5.41) is 0. The molecule has 0 amide bonds. The highest BCUT2D eigenvalue weighted by Gasteiger charge is 2.60. The predicted octanol–water partition coefficient (Wildman–Crippen LogP) is 3.60. The van der Waals surface area contributed by atoms with E-state index in [1.54, 1.807) is 0 Å². The van der Waals surface area contributed by atoms with Crippen molar-refractivity contribution in [1.82, 2.24) is 0 Å². The van der Waals surface area contributed by atoms with Crippen LogP contribution in [0.5, 0.6) is 0 Å². The Balaban J connectivity index is 5.56. The Labute approximate surface area is 139 Å². The van der Waals surface area contributed by atoms with E-state index in [-0.39, 0.29) is 0 Å². The van der Waals surface area contributed by atoms with Crippen LogP contribution >= 0.6 is 15.9 Å². The van der Waals surface area contributed by atoms with Gasteiger partial charge in [-0.25, -0.2) is 13.2 Å². The number of carbonyl (C=O) groups excluding carboxylic acids is 1. The third-order valence-corrected chi connectivity index (χ3v) is 7.11. The lowest BCUT2D eigenvalue weighted by molar-refractivity contribution is -0.284. The summed E-state index contributed by atoms with van der Waals surface area (Å²) in [5.74, 6) is -8.85. The van der Waals surface area contributed by atoms with Gasteiger partial charge >= 0.3 is 24.2 Å². The van der Waals surface area contributed by atoms with Crippen LogP contribution in [0.25, 0.3) is 0 Å². The fourth-order valence-corrected chi connectivity index (χ4v) is 3.83. The maximum atomic E-state index is 12.9. The topological polar surface area (TPSA) is 60.4 Å². The van der Waals surface area contributed by atoms with Gasteiger partial charge in [0.25, 0.3) is 0 Å². The van der Waals surface area contributed by atoms with E-state index < -0.39 is 62.8 Å². The number of ether oxygens (including phenoxy) is 1. The van der Waals surface area contributed by atoms with Crippen molar-refractivity contribution in [3.8, 4) is 0 Å². The van der Waals surface area contributed by atoms with Gasteiger partial charge in [0.2, 0.25) is 3.66 Å². The number of carbonyl (C=O) groups is 1. The van der Waals surface area contributed by atoms with Gasteiger partial charge in [0.15, 0.2) is 9.84 Å². The molecule has 0 fully saturated rings. The SMILES string of the molecule is COC(=O)C(Br)(CCC(F)(F)C(F)(F)F)S(=O)(=O)CCC(F)(F)F. The van der Waals surface area contributed by atoms with Gasteiger partial charge in [0, 0.05) is 6.42 Å². The van der Waals surface area contributed by atoms with E-state index >= 15 is 0 Å². The van der Waals surface area contributed by atoms with Gasteiger partial charge in [0.05, 0.1) is 19.3 Å². The minimum absolute atomic E-state index is 0.597. The number of halogens is 9. The average Bonchev–Trinajstić information content (AvgIpc) is 2.39. The van der Waals surface area contributed by atoms with Gasteiger partial charge in [-0.3, -0.25) is 0 Å². The normalized spacial score (nSPS) is 16.6. The van der Waals surface area contributed by atoms with Crippen molar-refractivity contribution in [2.24, 2.45) is 0 Å². The molecule has 0 saturated carbocycles. The summed E-state index contributed by atoms with van der Waals surface area (Å²) >= 11 is 2.19. The first kappa shape index (κ1) is 23.3. The first-order valence-corrected chi connectivity index (χ1v) is 8.35. The molecule has 0 aromatic carbocycles. The molecule has 14 heteroatoms. The summed E-state index contributed by atoms with van der Waals surface area (Å²) in [7, 11) is -4.52. The van der Waals surface area contributed by atoms with Crippen LogP contribution in [0, 0.1) is 0 Å². The van der Waals surface area contributed by atoms with E-state index in [0.717, 1.165) is 0 Å². The number of methoxy groups -OCH3 is 1. The monoisotopic (exact) mass is 458 g/mol. The Hall–Kier alpha value is -0.660. The maximum Gasteiger partial charge on any atom is 0.453 e. The van der Waals surface area contributed by atoms with Crippen LogP contribution < -0.4 is 0 Å². The van der Waals surface area contributed by atoms with Crippen LogP contribution in [0.1, 0.15) is 19.3 Å². The van der Waals surface area contributed by atoms with Crippen LogP contribution in [0.3, 0.4) is 0 Å². The molecule has 1 atom stereocenters. The number of rotatable bonds is 7. The number of alkyl halides is 9. The molecule has 0 aliphatic rings. The van der Waals surface area contributed by atoms with Crippen LogP contribution in [0.15, 0.2) is 0 Å². The summed E-state index contributed by atoms with van der Waals surface area (Å²) in [5.41, 5.74) is 0. The van der Waals surface area contributed by atoms with Crippen LogP contribution in [-0.2, 0) is 19.4 Å². The lowest BCUT2D eigenvalue weighted by Crippen LogP contribution is -2.46. The van der Waals surface area contributed by atoms with Gasteiger partial charge < -0.3 is 4.74 Å². The molecule has 0 saturated heterocycles. The molecule has 0 bridgehead atoms. The van der Waals surface area contributed by atoms with Gasteiger partial charge in [-0.15, -0.1) is 0 Å². The Kier molecular flexibility index (Phi) is 7.10. The summed E-state index contributed by atoms with van der Waals surface area (Å²) in [6.45, 7) is 0. The molecule has 0 rings (SSSR count). The number of sulfone groups is 1. The van der Waals surface area contributed by atoms with E-state index in [1.807, 2.05) is 0 Å². The molecule has 144 valence electrons. The molecular weight excluding hydrogens is 448 g/mol. The second-order valence-corrected chi connectivity index (χ2v) is 8.82. The van der Waals surface area contributed by atoms with E-state index in [0.29, 0.717) is 7.11 Å². The third-order valence-electron chi connectivity index (χ3n) is 2.81. The minimum atomic E-state index is -6.02. The zero-order chi connectivity index (χ0) is 19.6. The Morgan fingerprint density at radius 2 is 1.42 bits per heavy atom. The smallest absolute Gasteiger partial charge is 0.453 e. The standard InChI is InChI=1S/C10H11BrF8O4S/c1-23-6(20)7(11,2-3-8(12,13)10(17,18)19)24(21,22)5-4-9(14,15)16/h2-5H2,1H3. The molecule has 0 radical (unpaired) electrons. The van der Waals surface area contributed by atoms with Gasteiger partial charge in [-0.2, -0.15) is 35.1 Å². The first-order valence-electron chi connectivity index (χ1n) is 5.90. The van der Waals surface area contributed by atoms with E-state index in [1.165, 1.54) is 0 Å². The Morgan fingerprint density at radius 3 is 1.75 bits per heavy atom. The van der Waals surface area contributed by atoms with Crippen molar-refractivity contribution in [2.45, 2.75) is 41.2 Å². The minimum Gasteiger partial charge on any atom is -0.467 e. The van der Waals surface area contributed by atoms with Gasteiger partial charge in [-0.1, -0.05) is 15.9 Å².